The lowest BCUT2D eigenvalue weighted by Crippen LogP contribution is -2.17. The Hall–Kier alpha value is -2.73. The second-order valence-electron chi connectivity index (χ2n) is 5.61. The molecule has 6 nitrogen and oxygen atoms in total. The number of amides is 1. The number of halogens is 1. The molecule has 26 heavy (non-hydrogen) atoms. The number of ether oxygens (including phenoxy) is 2. The van der Waals surface area contributed by atoms with Crippen molar-refractivity contribution in [3.63, 3.8) is 0 Å². The number of benzene rings is 2. The summed E-state index contributed by atoms with van der Waals surface area (Å²) in [6.45, 7) is 2.29. The molecule has 0 atom stereocenters. The van der Waals surface area contributed by atoms with Gasteiger partial charge in [0.15, 0.2) is 0 Å². The van der Waals surface area contributed by atoms with Gasteiger partial charge in [0.1, 0.15) is 5.75 Å². The first-order valence-electron chi connectivity index (χ1n) is 8.01. The molecule has 2 aromatic rings. The molecule has 0 aliphatic carbocycles. The van der Waals surface area contributed by atoms with Crippen LogP contribution in [0.4, 0.5) is 11.4 Å². The van der Waals surface area contributed by atoms with E-state index < -0.39 is 5.97 Å². The van der Waals surface area contributed by atoms with Crippen molar-refractivity contribution in [3.8, 4) is 5.75 Å². The molecular formula is C19H21ClN2O4. The molecule has 0 aliphatic heterocycles. The van der Waals surface area contributed by atoms with Crippen LogP contribution in [0.5, 0.6) is 5.75 Å². The molecule has 0 aromatic heterocycles. The quantitative estimate of drug-likeness (QED) is 0.717. The molecule has 0 bridgehead atoms. The molecule has 0 heterocycles. The Morgan fingerprint density at radius 1 is 1.08 bits per heavy atom. The van der Waals surface area contributed by atoms with E-state index in [1.807, 2.05) is 19.1 Å². The molecule has 2 aromatic carbocycles. The molecule has 0 unspecified atom stereocenters. The number of rotatable bonds is 7. The van der Waals surface area contributed by atoms with Gasteiger partial charge in [-0.05, 0) is 42.8 Å². The minimum Gasteiger partial charge on any atom is -0.495 e. The summed E-state index contributed by atoms with van der Waals surface area (Å²) in [7, 11) is 2.87. The fourth-order valence-corrected chi connectivity index (χ4v) is 2.53. The van der Waals surface area contributed by atoms with E-state index in [1.54, 1.807) is 31.4 Å². The van der Waals surface area contributed by atoms with Gasteiger partial charge in [-0.1, -0.05) is 17.7 Å². The molecule has 7 heteroatoms. The first-order valence-corrected chi connectivity index (χ1v) is 8.38. The first kappa shape index (κ1) is 19.6. The van der Waals surface area contributed by atoms with E-state index in [0.717, 1.165) is 5.56 Å². The van der Waals surface area contributed by atoms with Crippen molar-refractivity contribution in [2.24, 2.45) is 0 Å². The van der Waals surface area contributed by atoms with Gasteiger partial charge in [0, 0.05) is 13.0 Å². The van der Waals surface area contributed by atoms with Gasteiger partial charge < -0.3 is 20.1 Å². The number of methoxy groups -OCH3 is 2. The third kappa shape index (κ3) is 5.13. The van der Waals surface area contributed by atoms with Crippen LogP contribution in [-0.2, 0) is 9.53 Å². The molecule has 0 saturated carbocycles. The fourth-order valence-electron chi connectivity index (χ4n) is 2.35. The van der Waals surface area contributed by atoms with Gasteiger partial charge in [0.25, 0.3) is 0 Å². The van der Waals surface area contributed by atoms with E-state index in [0.29, 0.717) is 34.3 Å². The molecule has 0 fully saturated rings. The zero-order chi connectivity index (χ0) is 19.1. The maximum absolute atomic E-state index is 12.2. The molecule has 2 rings (SSSR count). The third-order valence-electron chi connectivity index (χ3n) is 3.68. The number of hydrogen-bond acceptors (Lipinski definition) is 5. The normalized spacial score (nSPS) is 10.2. The van der Waals surface area contributed by atoms with Gasteiger partial charge >= 0.3 is 5.97 Å². The molecule has 138 valence electrons. The summed E-state index contributed by atoms with van der Waals surface area (Å²) in [6.07, 6.45) is 0.218. The van der Waals surface area contributed by atoms with E-state index in [4.69, 9.17) is 16.3 Å². The van der Waals surface area contributed by atoms with Crippen molar-refractivity contribution >= 4 is 34.9 Å². The number of aryl methyl sites for hydroxylation is 1. The van der Waals surface area contributed by atoms with Gasteiger partial charge in [-0.25, -0.2) is 4.79 Å². The van der Waals surface area contributed by atoms with Gasteiger partial charge in [-0.3, -0.25) is 4.79 Å². The largest absolute Gasteiger partial charge is 0.495 e. The van der Waals surface area contributed by atoms with E-state index >= 15 is 0 Å². The number of hydrogen-bond donors (Lipinski definition) is 2. The summed E-state index contributed by atoms with van der Waals surface area (Å²) < 4.78 is 9.93. The van der Waals surface area contributed by atoms with Crippen LogP contribution in [0.2, 0.25) is 5.02 Å². The van der Waals surface area contributed by atoms with Crippen LogP contribution >= 0.6 is 11.6 Å². The van der Waals surface area contributed by atoms with Crippen LogP contribution in [0.1, 0.15) is 22.3 Å². The smallest absolute Gasteiger partial charge is 0.337 e. The summed E-state index contributed by atoms with van der Waals surface area (Å²) >= 11 is 6.11. The highest BCUT2D eigenvalue weighted by atomic mass is 35.5. The average molecular weight is 377 g/mol. The Morgan fingerprint density at radius 3 is 2.54 bits per heavy atom. The lowest BCUT2D eigenvalue weighted by Gasteiger charge is -2.12. The zero-order valence-corrected chi connectivity index (χ0v) is 15.6. The van der Waals surface area contributed by atoms with Gasteiger partial charge in [0.05, 0.1) is 36.2 Å². The molecule has 0 radical (unpaired) electrons. The number of carbonyl (C=O) groups excluding carboxylic acids is 2. The Balaban J connectivity index is 1.95. The van der Waals surface area contributed by atoms with Gasteiger partial charge in [0.2, 0.25) is 5.91 Å². The number of carbonyl (C=O) groups is 2. The molecule has 0 aliphatic rings. The topological polar surface area (TPSA) is 76.7 Å². The predicted molar refractivity (Wildman–Crippen MR) is 102 cm³/mol. The lowest BCUT2D eigenvalue weighted by molar-refractivity contribution is -0.116. The molecule has 0 saturated heterocycles. The van der Waals surface area contributed by atoms with E-state index in [2.05, 4.69) is 15.4 Å². The van der Waals surface area contributed by atoms with Crippen molar-refractivity contribution in [2.45, 2.75) is 13.3 Å². The molecule has 0 spiro atoms. The second-order valence-corrected chi connectivity index (χ2v) is 6.02. The lowest BCUT2D eigenvalue weighted by atomic mass is 10.2. The molecular weight excluding hydrogens is 356 g/mol. The standard InChI is InChI=1S/C19H21ClN2O4/c1-12-4-7-17(25-2)16(10-12)22-18(23)8-9-21-15-11-13(19(24)26-3)5-6-14(15)20/h4-7,10-11,21H,8-9H2,1-3H3,(H,22,23). The Bertz CT molecular complexity index is 808. The van der Waals surface area contributed by atoms with Crippen LogP contribution in [0.25, 0.3) is 0 Å². The SMILES string of the molecule is COC(=O)c1ccc(Cl)c(NCCC(=O)Nc2cc(C)ccc2OC)c1. The van der Waals surface area contributed by atoms with Crippen molar-refractivity contribution in [1.82, 2.24) is 0 Å². The number of nitrogens with one attached hydrogen (secondary N) is 2. The van der Waals surface area contributed by atoms with Crippen LogP contribution in [0.15, 0.2) is 36.4 Å². The second kappa shape index (κ2) is 9.10. The highest BCUT2D eigenvalue weighted by molar-refractivity contribution is 6.33. The Kier molecular flexibility index (Phi) is 6.86. The van der Waals surface area contributed by atoms with Crippen molar-refractivity contribution in [2.75, 3.05) is 31.4 Å². The minimum absolute atomic E-state index is 0.165. The first-order chi connectivity index (χ1) is 12.4. The number of anilines is 2. The summed E-state index contributed by atoms with van der Waals surface area (Å²) in [6, 6.07) is 10.3. The van der Waals surface area contributed by atoms with Crippen LogP contribution in [0, 0.1) is 6.92 Å². The Labute approximate surface area is 157 Å². The summed E-state index contributed by atoms with van der Waals surface area (Å²) in [5.74, 6) is -0.0126. The molecule has 2 N–H and O–H groups in total. The summed E-state index contributed by atoms with van der Waals surface area (Å²) in [4.78, 5) is 23.8. The monoisotopic (exact) mass is 376 g/mol. The maximum Gasteiger partial charge on any atom is 0.337 e. The van der Waals surface area contributed by atoms with Gasteiger partial charge in [-0.15, -0.1) is 0 Å². The fraction of sp³-hybridized carbons (Fsp3) is 0.263. The highest BCUT2D eigenvalue weighted by Crippen LogP contribution is 2.26. The summed E-state index contributed by atoms with van der Waals surface area (Å²) in [5.41, 5.74) is 2.60. The van der Waals surface area contributed by atoms with Crippen LogP contribution in [0.3, 0.4) is 0 Å². The van der Waals surface area contributed by atoms with E-state index in [1.165, 1.54) is 7.11 Å². The molecule has 1 amide bonds. The number of esters is 1. The Morgan fingerprint density at radius 2 is 1.85 bits per heavy atom. The maximum atomic E-state index is 12.2. The zero-order valence-electron chi connectivity index (χ0n) is 14.9. The van der Waals surface area contributed by atoms with Gasteiger partial charge in [-0.2, -0.15) is 0 Å². The predicted octanol–water partition coefficient (Wildman–Crippen LogP) is 3.88. The average Bonchev–Trinajstić information content (AvgIpc) is 2.62. The van der Waals surface area contributed by atoms with Crippen LogP contribution < -0.4 is 15.4 Å². The third-order valence-corrected chi connectivity index (χ3v) is 4.01. The van der Waals surface area contributed by atoms with E-state index in [-0.39, 0.29) is 12.3 Å². The van der Waals surface area contributed by atoms with Crippen LogP contribution in [-0.4, -0.2) is 32.6 Å². The van der Waals surface area contributed by atoms with Crippen molar-refractivity contribution in [3.05, 3.63) is 52.5 Å². The highest BCUT2D eigenvalue weighted by Gasteiger charge is 2.10. The van der Waals surface area contributed by atoms with E-state index in [9.17, 15) is 9.59 Å². The van der Waals surface area contributed by atoms with Crippen molar-refractivity contribution < 1.29 is 19.1 Å². The minimum atomic E-state index is -0.450. The summed E-state index contributed by atoms with van der Waals surface area (Å²) in [5, 5.41) is 6.34. The van der Waals surface area contributed by atoms with Crippen molar-refractivity contribution in [1.29, 1.82) is 0 Å².